The first-order chi connectivity index (χ1) is 9.15. The van der Waals surface area contributed by atoms with Gasteiger partial charge in [0, 0.05) is 30.2 Å². The van der Waals surface area contributed by atoms with Crippen molar-refractivity contribution in [2.75, 3.05) is 11.4 Å². The third-order valence-electron chi connectivity index (χ3n) is 3.92. The zero-order valence-electron chi connectivity index (χ0n) is 11.1. The van der Waals surface area contributed by atoms with E-state index in [9.17, 15) is 5.11 Å². The van der Waals surface area contributed by atoms with Crippen molar-refractivity contribution in [3.05, 3.63) is 30.5 Å². The molecule has 1 saturated heterocycles. The summed E-state index contributed by atoms with van der Waals surface area (Å²) in [6.45, 7) is 3.10. The lowest BCUT2D eigenvalue weighted by atomic mass is 9.98. The van der Waals surface area contributed by atoms with Crippen molar-refractivity contribution in [2.24, 2.45) is 5.73 Å². The number of nitrogens with two attached hydrogens (primary N) is 1. The van der Waals surface area contributed by atoms with Gasteiger partial charge >= 0.3 is 0 Å². The quantitative estimate of drug-likeness (QED) is 0.822. The summed E-state index contributed by atoms with van der Waals surface area (Å²) in [5, 5.41) is 11.8. The molecule has 2 unspecified atom stereocenters. The van der Waals surface area contributed by atoms with Crippen LogP contribution in [0.4, 0.5) is 5.82 Å². The Kier molecular flexibility index (Phi) is 3.03. The Morgan fingerprint density at radius 1 is 1.37 bits per heavy atom. The number of nitrogens with zero attached hydrogens (tertiary/aromatic N) is 2. The van der Waals surface area contributed by atoms with Crippen LogP contribution in [0.1, 0.15) is 19.8 Å². The van der Waals surface area contributed by atoms with Crippen molar-refractivity contribution < 1.29 is 5.11 Å². The van der Waals surface area contributed by atoms with Crippen LogP contribution in [0, 0.1) is 0 Å². The minimum absolute atomic E-state index is 0.281. The fourth-order valence-corrected chi connectivity index (χ4v) is 2.89. The van der Waals surface area contributed by atoms with Crippen LogP contribution in [0.2, 0.25) is 0 Å². The molecule has 100 valence electrons. The van der Waals surface area contributed by atoms with Crippen LogP contribution in [0.15, 0.2) is 30.5 Å². The van der Waals surface area contributed by atoms with E-state index in [1.54, 1.807) is 12.1 Å². The van der Waals surface area contributed by atoms with E-state index in [1.807, 2.05) is 18.3 Å². The number of hydrogen-bond donors (Lipinski definition) is 2. The zero-order chi connectivity index (χ0) is 13.4. The van der Waals surface area contributed by atoms with Crippen LogP contribution in [-0.4, -0.2) is 28.7 Å². The number of hydrogen-bond acceptors (Lipinski definition) is 4. The van der Waals surface area contributed by atoms with Gasteiger partial charge in [-0.1, -0.05) is 6.07 Å². The summed E-state index contributed by atoms with van der Waals surface area (Å²) in [6.07, 6.45) is 3.80. The molecule has 1 aliphatic heterocycles. The number of aromatic nitrogens is 1. The molecular weight excluding hydrogens is 238 g/mol. The summed E-state index contributed by atoms with van der Waals surface area (Å²) in [6, 6.07) is 8.06. The van der Waals surface area contributed by atoms with Gasteiger partial charge in [-0.15, -0.1) is 0 Å². The number of piperidine rings is 1. The van der Waals surface area contributed by atoms with Gasteiger partial charge in [-0.05, 0) is 43.4 Å². The number of phenolic OH excluding ortho intramolecular Hbond substituents is 1. The minimum atomic E-state index is 0.281. The van der Waals surface area contributed by atoms with Crippen LogP contribution in [0.3, 0.4) is 0 Å². The molecule has 1 aliphatic rings. The number of benzene rings is 1. The van der Waals surface area contributed by atoms with Crippen molar-refractivity contribution >= 4 is 16.6 Å². The Morgan fingerprint density at radius 3 is 3.00 bits per heavy atom. The fraction of sp³-hybridized carbons (Fsp3) is 0.400. The first kappa shape index (κ1) is 12.2. The monoisotopic (exact) mass is 257 g/mol. The fourth-order valence-electron chi connectivity index (χ4n) is 2.89. The van der Waals surface area contributed by atoms with E-state index in [4.69, 9.17) is 5.73 Å². The molecule has 0 saturated carbocycles. The minimum Gasteiger partial charge on any atom is -0.508 e. The van der Waals surface area contributed by atoms with Crippen LogP contribution in [0.5, 0.6) is 5.75 Å². The van der Waals surface area contributed by atoms with E-state index < -0.39 is 0 Å². The third kappa shape index (κ3) is 2.24. The first-order valence-corrected chi connectivity index (χ1v) is 6.75. The maximum atomic E-state index is 9.69. The highest BCUT2D eigenvalue weighted by Gasteiger charge is 2.25. The van der Waals surface area contributed by atoms with Crippen molar-refractivity contribution in [1.29, 1.82) is 0 Å². The molecular formula is C15H19N3O. The van der Waals surface area contributed by atoms with E-state index in [0.717, 1.165) is 36.0 Å². The smallest absolute Gasteiger partial charge is 0.136 e. The van der Waals surface area contributed by atoms with Gasteiger partial charge in [0.15, 0.2) is 0 Å². The third-order valence-corrected chi connectivity index (χ3v) is 3.92. The SMILES string of the molecule is CC1CC(N)CCN1c1nccc2ccc(O)cc12. The molecule has 1 aromatic carbocycles. The Labute approximate surface area is 112 Å². The van der Waals surface area contributed by atoms with Crippen LogP contribution in [-0.2, 0) is 0 Å². The zero-order valence-corrected chi connectivity index (χ0v) is 11.1. The predicted molar refractivity (Wildman–Crippen MR) is 77.4 cm³/mol. The van der Waals surface area contributed by atoms with Gasteiger partial charge in [-0.3, -0.25) is 0 Å². The van der Waals surface area contributed by atoms with Crippen LogP contribution < -0.4 is 10.6 Å². The predicted octanol–water partition coefficient (Wildman–Crippen LogP) is 2.26. The molecule has 0 amide bonds. The number of fused-ring (bicyclic) bond motifs is 1. The Bertz CT molecular complexity index is 599. The molecule has 19 heavy (non-hydrogen) atoms. The van der Waals surface area contributed by atoms with E-state index in [0.29, 0.717) is 6.04 Å². The molecule has 2 heterocycles. The van der Waals surface area contributed by atoms with E-state index in [2.05, 4.69) is 16.8 Å². The summed E-state index contributed by atoms with van der Waals surface area (Å²) < 4.78 is 0. The number of phenols is 1. The number of anilines is 1. The Balaban J connectivity index is 2.07. The van der Waals surface area contributed by atoms with E-state index in [1.165, 1.54) is 0 Å². The summed E-state index contributed by atoms with van der Waals surface area (Å²) in [7, 11) is 0. The maximum Gasteiger partial charge on any atom is 0.136 e. The topological polar surface area (TPSA) is 62.4 Å². The lowest BCUT2D eigenvalue weighted by molar-refractivity contribution is 0.428. The summed E-state index contributed by atoms with van der Waals surface area (Å²) in [5.41, 5.74) is 6.02. The summed E-state index contributed by atoms with van der Waals surface area (Å²) in [5.74, 6) is 1.23. The molecule has 3 N–H and O–H groups in total. The van der Waals surface area contributed by atoms with Gasteiger partial charge in [0.1, 0.15) is 11.6 Å². The summed E-state index contributed by atoms with van der Waals surface area (Å²) in [4.78, 5) is 6.82. The molecule has 0 radical (unpaired) electrons. The Hall–Kier alpha value is -1.81. The van der Waals surface area contributed by atoms with Gasteiger partial charge in [0.2, 0.25) is 0 Å². The van der Waals surface area contributed by atoms with Crippen molar-refractivity contribution in [3.63, 3.8) is 0 Å². The van der Waals surface area contributed by atoms with E-state index >= 15 is 0 Å². The molecule has 0 aliphatic carbocycles. The average Bonchev–Trinajstić information content (AvgIpc) is 2.38. The van der Waals surface area contributed by atoms with Gasteiger partial charge in [-0.2, -0.15) is 0 Å². The standard InChI is InChI=1S/C15H19N3O/c1-10-8-12(16)5-7-18(10)15-14-9-13(19)3-2-11(14)4-6-17-15/h2-4,6,9-10,12,19H,5,7-8,16H2,1H3. The van der Waals surface area contributed by atoms with Gasteiger partial charge in [0.05, 0.1) is 0 Å². The molecule has 2 aromatic rings. The molecule has 4 nitrogen and oxygen atoms in total. The second-order valence-corrected chi connectivity index (χ2v) is 5.37. The Morgan fingerprint density at radius 2 is 2.21 bits per heavy atom. The van der Waals surface area contributed by atoms with E-state index in [-0.39, 0.29) is 11.8 Å². The molecule has 0 spiro atoms. The van der Waals surface area contributed by atoms with Crippen molar-refractivity contribution in [1.82, 2.24) is 4.98 Å². The molecule has 0 bridgehead atoms. The molecule has 2 atom stereocenters. The normalized spacial score (nSPS) is 23.8. The molecule has 4 heteroatoms. The van der Waals surface area contributed by atoms with Crippen LogP contribution >= 0.6 is 0 Å². The van der Waals surface area contributed by atoms with Crippen molar-refractivity contribution in [2.45, 2.75) is 31.8 Å². The maximum absolute atomic E-state index is 9.69. The highest BCUT2D eigenvalue weighted by molar-refractivity contribution is 5.93. The lowest BCUT2D eigenvalue weighted by Crippen LogP contribution is -2.46. The number of aromatic hydroxyl groups is 1. The largest absolute Gasteiger partial charge is 0.508 e. The second kappa shape index (κ2) is 4.70. The van der Waals surface area contributed by atoms with Gasteiger partial charge < -0.3 is 15.7 Å². The first-order valence-electron chi connectivity index (χ1n) is 6.75. The van der Waals surface area contributed by atoms with Gasteiger partial charge in [-0.25, -0.2) is 4.98 Å². The number of rotatable bonds is 1. The summed E-state index contributed by atoms with van der Waals surface area (Å²) >= 11 is 0. The van der Waals surface area contributed by atoms with Crippen LogP contribution in [0.25, 0.3) is 10.8 Å². The average molecular weight is 257 g/mol. The molecule has 1 fully saturated rings. The second-order valence-electron chi connectivity index (χ2n) is 5.37. The lowest BCUT2D eigenvalue weighted by Gasteiger charge is -2.37. The molecule has 3 rings (SSSR count). The van der Waals surface area contributed by atoms with Crippen molar-refractivity contribution in [3.8, 4) is 5.75 Å². The molecule has 1 aromatic heterocycles. The highest BCUT2D eigenvalue weighted by atomic mass is 16.3. The van der Waals surface area contributed by atoms with Gasteiger partial charge in [0.25, 0.3) is 0 Å². The number of pyridine rings is 1. The highest BCUT2D eigenvalue weighted by Crippen LogP contribution is 2.31.